The van der Waals surface area contributed by atoms with Gasteiger partial charge in [0.15, 0.2) is 0 Å². The second-order valence-corrected chi connectivity index (χ2v) is 6.21. The summed E-state index contributed by atoms with van der Waals surface area (Å²) in [5.41, 5.74) is 2.44. The van der Waals surface area contributed by atoms with Crippen LogP contribution >= 0.6 is 0 Å². The zero-order chi connectivity index (χ0) is 19.0. The molecule has 1 aromatic carbocycles. The molecule has 1 aliphatic heterocycles. The fourth-order valence-corrected chi connectivity index (χ4v) is 3.18. The molecule has 9 nitrogen and oxygen atoms in total. The van der Waals surface area contributed by atoms with Crippen LogP contribution in [0.15, 0.2) is 35.4 Å². The molecular formula is C18H17N5O4. The number of nitrogens with one attached hydrogen (secondary N) is 2. The molecule has 0 fully saturated rings. The van der Waals surface area contributed by atoms with Crippen molar-refractivity contribution in [1.82, 2.24) is 25.3 Å². The lowest BCUT2D eigenvalue weighted by Gasteiger charge is -2.12. The number of amides is 1. The summed E-state index contributed by atoms with van der Waals surface area (Å²) in [6.45, 7) is 0.531. The van der Waals surface area contributed by atoms with E-state index in [1.807, 2.05) is 31.5 Å². The number of fused-ring (bicyclic) bond motifs is 1. The highest BCUT2D eigenvalue weighted by Crippen LogP contribution is 2.33. The molecular weight excluding hydrogens is 350 g/mol. The van der Waals surface area contributed by atoms with Crippen molar-refractivity contribution < 1.29 is 14.6 Å². The van der Waals surface area contributed by atoms with E-state index in [2.05, 4.69) is 20.6 Å². The van der Waals surface area contributed by atoms with Crippen molar-refractivity contribution in [3.63, 3.8) is 0 Å². The molecule has 0 bridgehead atoms. The van der Waals surface area contributed by atoms with Crippen molar-refractivity contribution in [2.75, 3.05) is 6.61 Å². The highest BCUT2D eigenvalue weighted by atomic mass is 16.5. The highest BCUT2D eigenvalue weighted by molar-refractivity contribution is 5.97. The number of carbonyl (C=O) groups is 1. The third-order valence-corrected chi connectivity index (χ3v) is 4.38. The Morgan fingerprint density at radius 1 is 1.41 bits per heavy atom. The highest BCUT2D eigenvalue weighted by Gasteiger charge is 2.19. The van der Waals surface area contributed by atoms with Gasteiger partial charge in [-0.05, 0) is 23.8 Å². The van der Waals surface area contributed by atoms with Crippen LogP contribution in [0.2, 0.25) is 0 Å². The van der Waals surface area contributed by atoms with Crippen LogP contribution < -0.4 is 10.9 Å². The molecule has 0 saturated heterocycles. The van der Waals surface area contributed by atoms with Gasteiger partial charge in [-0.25, -0.2) is 9.89 Å². The molecule has 3 heterocycles. The van der Waals surface area contributed by atoms with Crippen molar-refractivity contribution in [3.8, 4) is 11.1 Å². The van der Waals surface area contributed by atoms with E-state index in [1.54, 1.807) is 10.9 Å². The third kappa shape index (κ3) is 3.14. The zero-order valence-corrected chi connectivity index (χ0v) is 14.5. The predicted octanol–water partition coefficient (Wildman–Crippen LogP) is 1.85. The van der Waals surface area contributed by atoms with E-state index in [-0.39, 0.29) is 12.1 Å². The summed E-state index contributed by atoms with van der Waals surface area (Å²) in [5.74, 6) is 0.639. The molecule has 1 amide bonds. The lowest BCUT2D eigenvalue weighted by atomic mass is 9.97. The minimum Gasteiger partial charge on any atom is -0.493 e. The molecule has 4 rings (SSSR count). The molecule has 138 valence electrons. The maximum atomic E-state index is 12.5. The summed E-state index contributed by atoms with van der Waals surface area (Å²) in [7, 11) is 1.82. The van der Waals surface area contributed by atoms with E-state index >= 15 is 0 Å². The number of hydrogen-bond acceptors (Lipinski definition) is 5. The first-order chi connectivity index (χ1) is 13.0. The maximum absolute atomic E-state index is 12.5. The SMILES string of the molecule is Cn1cc(-c2cc(C3=CCCO3)c3c(=O)[nH]nc(CNC(=O)O)c3c2)cn1. The molecule has 0 spiro atoms. The number of aromatic amines is 1. The quantitative estimate of drug-likeness (QED) is 0.647. The number of aromatic nitrogens is 4. The Bertz CT molecular complexity index is 1130. The number of rotatable bonds is 4. The van der Waals surface area contributed by atoms with Crippen LogP contribution in [0.4, 0.5) is 4.79 Å². The summed E-state index contributed by atoms with van der Waals surface area (Å²) in [4.78, 5) is 23.4. The Hall–Kier alpha value is -3.62. The van der Waals surface area contributed by atoms with Crippen molar-refractivity contribution >= 4 is 22.6 Å². The molecule has 3 aromatic rings. The Labute approximate surface area is 153 Å². The van der Waals surface area contributed by atoms with Gasteiger partial charge in [0.05, 0.1) is 30.4 Å². The van der Waals surface area contributed by atoms with Gasteiger partial charge in [0.25, 0.3) is 5.56 Å². The molecule has 3 N–H and O–H groups in total. The van der Waals surface area contributed by atoms with Gasteiger partial charge in [-0.3, -0.25) is 9.48 Å². The smallest absolute Gasteiger partial charge is 0.404 e. The fraction of sp³-hybridized carbons (Fsp3) is 0.222. The summed E-state index contributed by atoms with van der Waals surface area (Å²) in [6.07, 6.45) is 5.14. The minimum absolute atomic E-state index is 0.0293. The molecule has 9 heteroatoms. The molecule has 0 aliphatic carbocycles. The average Bonchev–Trinajstić information content (AvgIpc) is 3.32. The lowest BCUT2D eigenvalue weighted by Crippen LogP contribution is -2.23. The van der Waals surface area contributed by atoms with Crippen LogP contribution in [-0.4, -0.2) is 37.8 Å². The monoisotopic (exact) mass is 367 g/mol. The van der Waals surface area contributed by atoms with Gasteiger partial charge < -0.3 is 15.2 Å². The van der Waals surface area contributed by atoms with Crippen molar-refractivity contribution in [1.29, 1.82) is 0 Å². The summed E-state index contributed by atoms with van der Waals surface area (Å²) < 4.78 is 7.38. The van der Waals surface area contributed by atoms with E-state index in [0.717, 1.165) is 17.5 Å². The van der Waals surface area contributed by atoms with Crippen molar-refractivity contribution in [3.05, 3.63) is 52.2 Å². The van der Waals surface area contributed by atoms with Crippen LogP contribution in [0, 0.1) is 0 Å². The van der Waals surface area contributed by atoms with Gasteiger partial charge in [0.1, 0.15) is 5.76 Å². The van der Waals surface area contributed by atoms with E-state index in [1.165, 1.54) is 0 Å². The average molecular weight is 367 g/mol. The standard InChI is InChI=1S/C18H17N5O4/c1-23-9-11(7-20-23)10-5-12-14(8-19-18(25)26)21-22-17(24)16(12)13(6-10)15-3-2-4-27-15/h3,5-7,9,19H,2,4,8H2,1H3,(H,22,24)(H,25,26). The number of ether oxygens (including phenoxy) is 1. The lowest BCUT2D eigenvalue weighted by molar-refractivity contribution is 0.194. The maximum Gasteiger partial charge on any atom is 0.404 e. The Balaban J connectivity index is 1.99. The first kappa shape index (κ1) is 16.8. The largest absolute Gasteiger partial charge is 0.493 e. The van der Waals surface area contributed by atoms with Gasteiger partial charge in [-0.2, -0.15) is 10.2 Å². The van der Waals surface area contributed by atoms with Crippen molar-refractivity contribution in [2.24, 2.45) is 7.05 Å². The normalized spacial score (nSPS) is 13.4. The molecule has 0 atom stereocenters. The zero-order valence-electron chi connectivity index (χ0n) is 14.5. The summed E-state index contributed by atoms with van der Waals surface area (Å²) in [5, 5.41) is 22.9. The van der Waals surface area contributed by atoms with E-state index in [9.17, 15) is 9.59 Å². The van der Waals surface area contributed by atoms with Gasteiger partial charge in [0.2, 0.25) is 0 Å². The summed E-state index contributed by atoms with van der Waals surface area (Å²) >= 11 is 0. The first-order valence-corrected chi connectivity index (χ1v) is 8.37. The van der Waals surface area contributed by atoms with Crippen LogP contribution in [0.5, 0.6) is 0 Å². The molecule has 1 aliphatic rings. The number of hydrogen-bond donors (Lipinski definition) is 3. The Morgan fingerprint density at radius 3 is 2.93 bits per heavy atom. The van der Waals surface area contributed by atoms with Gasteiger partial charge in [0, 0.05) is 36.2 Å². The molecule has 0 radical (unpaired) electrons. The van der Waals surface area contributed by atoms with Gasteiger partial charge >= 0.3 is 6.09 Å². The molecule has 0 saturated carbocycles. The Morgan fingerprint density at radius 2 is 2.26 bits per heavy atom. The second-order valence-electron chi connectivity index (χ2n) is 6.21. The van der Waals surface area contributed by atoms with E-state index < -0.39 is 6.09 Å². The number of nitrogens with zero attached hydrogens (tertiary/aromatic N) is 3. The van der Waals surface area contributed by atoms with Gasteiger partial charge in [-0.15, -0.1) is 0 Å². The molecule has 0 unspecified atom stereocenters. The molecule has 2 aromatic heterocycles. The second kappa shape index (κ2) is 6.60. The van der Waals surface area contributed by atoms with E-state index in [4.69, 9.17) is 9.84 Å². The van der Waals surface area contributed by atoms with Crippen LogP contribution in [-0.2, 0) is 18.3 Å². The summed E-state index contributed by atoms with van der Waals surface area (Å²) in [6, 6.07) is 3.71. The number of H-pyrrole nitrogens is 1. The topological polar surface area (TPSA) is 122 Å². The van der Waals surface area contributed by atoms with Gasteiger partial charge in [-0.1, -0.05) is 0 Å². The number of benzene rings is 1. The van der Waals surface area contributed by atoms with Crippen LogP contribution in [0.3, 0.4) is 0 Å². The van der Waals surface area contributed by atoms with E-state index in [0.29, 0.717) is 34.4 Å². The van der Waals surface area contributed by atoms with Crippen molar-refractivity contribution in [2.45, 2.75) is 13.0 Å². The Kier molecular flexibility index (Phi) is 4.11. The predicted molar refractivity (Wildman–Crippen MR) is 98.0 cm³/mol. The third-order valence-electron chi connectivity index (χ3n) is 4.38. The fourth-order valence-electron chi connectivity index (χ4n) is 3.18. The number of aryl methyl sites for hydroxylation is 1. The number of carboxylic acid groups (broad SMARTS) is 1. The first-order valence-electron chi connectivity index (χ1n) is 8.37. The van der Waals surface area contributed by atoms with Crippen LogP contribution in [0.1, 0.15) is 17.7 Å². The molecule has 27 heavy (non-hydrogen) atoms. The minimum atomic E-state index is -1.17. The van der Waals surface area contributed by atoms with Crippen LogP contribution in [0.25, 0.3) is 27.7 Å².